The first-order valence-electron chi connectivity index (χ1n) is 13.1. The number of carbonyl (C=O) groups excluding carboxylic acids is 4. The number of piperidine rings is 1. The summed E-state index contributed by atoms with van der Waals surface area (Å²) >= 11 is 0. The van der Waals surface area contributed by atoms with Crippen LogP contribution in [0.1, 0.15) is 72.2 Å². The first kappa shape index (κ1) is 25.9. The van der Waals surface area contributed by atoms with Gasteiger partial charge in [-0.2, -0.15) is 0 Å². The van der Waals surface area contributed by atoms with Gasteiger partial charge in [-0.15, -0.1) is 0 Å². The van der Waals surface area contributed by atoms with Gasteiger partial charge < -0.3 is 19.6 Å². The molecule has 1 saturated heterocycles. The van der Waals surface area contributed by atoms with E-state index in [0.717, 1.165) is 16.2 Å². The topological polar surface area (TPSA) is 107 Å². The molecule has 9 heteroatoms. The summed E-state index contributed by atoms with van der Waals surface area (Å²) in [6.07, 6.45) is -0.0875. The molecule has 0 aromatic heterocycles. The number of likely N-dealkylation sites (tertiary alicyclic amines) is 1. The van der Waals surface area contributed by atoms with Crippen LogP contribution < -0.4 is 4.90 Å². The molecule has 1 fully saturated rings. The average Bonchev–Trinajstić information content (AvgIpc) is 3.29. The highest BCUT2D eigenvalue weighted by Crippen LogP contribution is 2.42. The summed E-state index contributed by atoms with van der Waals surface area (Å²) < 4.78 is 5.49. The summed E-state index contributed by atoms with van der Waals surface area (Å²) in [6.45, 7) is 6.30. The lowest BCUT2D eigenvalue weighted by atomic mass is 9.94. The van der Waals surface area contributed by atoms with Crippen molar-refractivity contribution in [2.75, 3.05) is 24.5 Å². The van der Waals surface area contributed by atoms with E-state index >= 15 is 0 Å². The van der Waals surface area contributed by atoms with E-state index in [1.54, 1.807) is 34.1 Å². The molecule has 2 aromatic rings. The minimum absolute atomic E-state index is 0.0827. The molecule has 2 aromatic carbocycles. The molecule has 9 nitrogen and oxygen atoms in total. The SMILES string of the molecule is CC(C)(C)OC(=O)N1CCC(N2C(=O)C(CC(O)CN3C(=O)c4ccccc4C3=O)c3ccccc32)CC1. The summed E-state index contributed by atoms with van der Waals surface area (Å²) in [5, 5.41) is 10.9. The van der Waals surface area contributed by atoms with Gasteiger partial charge in [0.1, 0.15) is 5.60 Å². The van der Waals surface area contributed by atoms with Crippen molar-refractivity contribution in [1.29, 1.82) is 0 Å². The van der Waals surface area contributed by atoms with E-state index in [1.165, 1.54) is 0 Å². The van der Waals surface area contributed by atoms with E-state index in [1.807, 2.05) is 45.0 Å². The molecule has 3 aliphatic heterocycles. The number of imide groups is 1. The lowest BCUT2D eigenvalue weighted by Crippen LogP contribution is -2.49. The number of fused-ring (bicyclic) bond motifs is 2. The summed E-state index contributed by atoms with van der Waals surface area (Å²) in [5.41, 5.74) is 1.73. The van der Waals surface area contributed by atoms with Crippen LogP contribution in [0.2, 0.25) is 0 Å². The summed E-state index contributed by atoms with van der Waals surface area (Å²) in [7, 11) is 0. The van der Waals surface area contributed by atoms with Crippen LogP contribution in [0.3, 0.4) is 0 Å². The molecule has 3 aliphatic rings. The highest BCUT2D eigenvalue weighted by molar-refractivity contribution is 6.21. The zero-order valence-electron chi connectivity index (χ0n) is 21.9. The fourth-order valence-corrected chi connectivity index (χ4v) is 5.62. The van der Waals surface area contributed by atoms with Gasteiger partial charge in [-0.3, -0.25) is 19.3 Å². The largest absolute Gasteiger partial charge is 0.444 e. The monoisotopic (exact) mass is 519 g/mol. The molecule has 0 spiro atoms. The Balaban J connectivity index is 1.26. The van der Waals surface area contributed by atoms with Crippen molar-refractivity contribution in [1.82, 2.24) is 9.80 Å². The highest BCUT2D eigenvalue weighted by atomic mass is 16.6. The Bertz CT molecular complexity index is 1240. The second kappa shape index (κ2) is 9.87. The van der Waals surface area contributed by atoms with Gasteiger partial charge >= 0.3 is 6.09 Å². The van der Waals surface area contributed by atoms with Crippen molar-refractivity contribution >= 4 is 29.5 Å². The first-order valence-corrected chi connectivity index (χ1v) is 13.1. The Morgan fingerprint density at radius 2 is 1.55 bits per heavy atom. The Morgan fingerprint density at radius 3 is 2.16 bits per heavy atom. The van der Waals surface area contributed by atoms with Gasteiger partial charge in [0, 0.05) is 24.8 Å². The van der Waals surface area contributed by atoms with Crippen LogP contribution >= 0.6 is 0 Å². The van der Waals surface area contributed by atoms with Gasteiger partial charge in [0.05, 0.1) is 29.7 Å². The molecule has 1 N–H and O–H groups in total. The van der Waals surface area contributed by atoms with Crippen LogP contribution in [-0.2, 0) is 9.53 Å². The molecular formula is C29H33N3O6. The van der Waals surface area contributed by atoms with E-state index in [4.69, 9.17) is 4.74 Å². The maximum atomic E-state index is 13.7. The number of rotatable bonds is 5. The summed E-state index contributed by atoms with van der Waals surface area (Å²) in [5.74, 6) is -1.55. The predicted molar refractivity (Wildman–Crippen MR) is 140 cm³/mol. The maximum absolute atomic E-state index is 13.7. The average molecular weight is 520 g/mol. The molecule has 200 valence electrons. The number of anilines is 1. The molecule has 3 heterocycles. The van der Waals surface area contributed by atoms with E-state index in [2.05, 4.69) is 0 Å². The Labute approximate surface area is 222 Å². The number of para-hydroxylation sites is 1. The number of aliphatic hydroxyl groups excluding tert-OH is 1. The summed E-state index contributed by atoms with van der Waals surface area (Å²) in [4.78, 5) is 56.2. The van der Waals surface area contributed by atoms with Crippen LogP contribution in [0.4, 0.5) is 10.5 Å². The number of β-amino-alcohol motifs (C(OH)–C–C–N with tert-alkyl or cyclic N) is 1. The number of aliphatic hydroxyl groups is 1. The van der Waals surface area contributed by atoms with Gasteiger partial charge in [-0.1, -0.05) is 30.3 Å². The Kier molecular flexibility index (Phi) is 6.73. The summed E-state index contributed by atoms with van der Waals surface area (Å²) in [6, 6.07) is 14.1. The van der Waals surface area contributed by atoms with Gasteiger partial charge in [0.25, 0.3) is 11.8 Å². The fraction of sp³-hybridized carbons (Fsp3) is 0.448. The van der Waals surface area contributed by atoms with Crippen LogP contribution in [0.15, 0.2) is 48.5 Å². The standard InChI is InChI=1S/C29H33N3O6/c1-29(2,3)38-28(37)30-14-12-18(13-15-30)32-24-11-7-6-8-20(24)23(27(32)36)16-19(33)17-31-25(34)21-9-4-5-10-22(21)26(31)35/h4-11,18-19,23,33H,12-17H2,1-3H3. The molecule has 2 atom stereocenters. The number of carbonyl (C=O) groups is 4. The predicted octanol–water partition coefficient (Wildman–Crippen LogP) is 3.56. The minimum Gasteiger partial charge on any atom is -0.444 e. The molecule has 5 rings (SSSR count). The number of ether oxygens (including phenoxy) is 1. The van der Waals surface area contributed by atoms with Gasteiger partial charge in [0.2, 0.25) is 5.91 Å². The van der Waals surface area contributed by atoms with E-state index in [-0.39, 0.29) is 31.0 Å². The van der Waals surface area contributed by atoms with E-state index in [0.29, 0.717) is 37.1 Å². The first-order chi connectivity index (χ1) is 18.0. The second-order valence-electron chi connectivity index (χ2n) is 11.2. The van der Waals surface area contributed by atoms with Gasteiger partial charge in [-0.05, 0) is 63.8 Å². The number of benzene rings is 2. The van der Waals surface area contributed by atoms with Crippen molar-refractivity contribution in [3.63, 3.8) is 0 Å². The van der Waals surface area contributed by atoms with Crippen LogP contribution in [0, 0.1) is 0 Å². The van der Waals surface area contributed by atoms with Gasteiger partial charge in [0.15, 0.2) is 0 Å². The van der Waals surface area contributed by atoms with E-state index < -0.39 is 29.4 Å². The van der Waals surface area contributed by atoms with Crippen molar-refractivity contribution in [3.05, 3.63) is 65.2 Å². The number of hydrogen-bond donors (Lipinski definition) is 1. The van der Waals surface area contributed by atoms with Crippen molar-refractivity contribution in [2.45, 2.75) is 63.7 Å². The smallest absolute Gasteiger partial charge is 0.410 e. The Hall–Kier alpha value is -3.72. The maximum Gasteiger partial charge on any atom is 0.410 e. The normalized spacial score (nSPS) is 20.6. The molecule has 0 bridgehead atoms. The molecule has 0 aliphatic carbocycles. The molecule has 0 saturated carbocycles. The van der Waals surface area contributed by atoms with Crippen molar-refractivity contribution in [3.8, 4) is 0 Å². The fourth-order valence-electron chi connectivity index (χ4n) is 5.62. The molecule has 38 heavy (non-hydrogen) atoms. The van der Waals surface area contributed by atoms with Crippen LogP contribution in [0.5, 0.6) is 0 Å². The number of nitrogens with zero attached hydrogens (tertiary/aromatic N) is 3. The second-order valence-corrected chi connectivity index (χ2v) is 11.2. The van der Waals surface area contributed by atoms with Crippen LogP contribution in [-0.4, -0.2) is 76.1 Å². The lowest BCUT2D eigenvalue weighted by Gasteiger charge is -2.37. The molecule has 2 unspecified atom stereocenters. The zero-order chi connectivity index (χ0) is 27.2. The minimum atomic E-state index is -1.06. The number of amides is 4. The molecular weight excluding hydrogens is 486 g/mol. The highest BCUT2D eigenvalue weighted by Gasteiger charge is 2.44. The third kappa shape index (κ3) is 4.78. The van der Waals surface area contributed by atoms with Gasteiger partial charge in [-0.25, -0.2) is 4.79 Å². The lowest BCUT2D eigenvalue weighted by molar-refractivity contribution is -0.120. The molecule has 0 radical (unpaired) electrons. The van der Waals surface area contributed by atoms with Crippen LogP contribution in [0.25, 0.3) is 0 Å². The third-order valence-electron chi connectivity index (χ3n) is 7.37. The van der Waals surface area contributed by atoms with Crippen molar-refractivity contribution < 1.29 is 29.0 Å². The number of hydrogen-bond acceptors (Lipinski definition) is 6. The molecule has 4 amide bonds. The van der Waals surface area contributed by atoms with E-state index in [9.17, 15) is 24.3 Å². The zero-order valence-corrected chi connectivity index (χ0v) is 21.9. The Morgan fingerprint density at radius 1 is 0.974 bits per heavy atom. The quantitative estimate of drug-likeness (QED) is 0.606. The van der Waals surface area contributed by atoms with Crippen molar-refractivity contribution in [2.24, 2.45) is 0 Å². The third-order valence-corrected chi connectivity index (χ3v) is 7.37.